The summed E-state index contributed by atoms with van der Waals surface area (Å²) in [6.45, 7) is 0. The van der Waals surface area contributed by atoms with Gasteiger partial charge in [-0.2, -0.15) is 0 Å². The molecule has 2 nitrogen and oxygen atoms in total. The minimum Gasteiger partial charge on any atom is -0.344 e. The van der Waals surface area contributed by atoms with Crippen LogP contribution >= 0.6 is 11.3 Å². The number of carbonyl (C=O) groups is 1. The third-order valence-corrected chi connectivity index (χ3v) is 4.98. The summed E-state index contributed by atoms with van der Waals surface area (Å²) in [5.41, 5.74) is 0.921. The summed E-state index contributed by atoms with van der Waals surface area (Å²) in [4.78, 5) is 13.5. The second-order valence-corrected chi connectivity index (χ2v) is 6.47. The molecule has 1 aromatic carbocycles. The Morgan fingerprint density at radius 2 is 1.90 bits per heavy atom. The summed E-state index contributed by atoms with van der Waals surface area (Å²) in [7, 11) is 0. The van der Waals surface area contributed by atoms with Gasteiger partial charge in [-0.05, 0) is 42.0 Å². The van der Waals surface area contributed by atoms with E-state index in [4.69, 9.17) is 0 Å². The third-order valence-electron chi connectivity index (χ3n) is 4.04. The molecular formula is C17H18FNOS. The van der Waals surface area contributed by atoms with Crippen molar-refractivity contribution >= 4 is 17.2 Å². The van der Waals surface area contributed by atoms with Crippen LogP contribution in [0.5, 0.6) is 0 Å². The lowest BCUT2D eigenvalue weighted by molar-refractivity contribution is -0.125. The van der Waals surface area contributed by atoms with Crippen molar-refractivity contribution in [2.75, 3.05) is 0 Å². The molecule has 1 saturated carbocycles. The normalized spacial score (nSPS) is 16.8. The molecule has 1 atom stereocenters. The van der Waals surface area contributed by atoms with Crippen LogP contribution in [0.2, 0.25) is 0 Å². The van der Waals surface area contributed by atoms with Gasteiger partial charge in [-0.15, -0.1) is 11.3 Å². The number of nitrogens with one attached hydrogen (secondary N) is 1. The Hall–Kier alpha value is -1.68. The molecule has 0 unspecified atom stereocenters. The van der Waals surface area contributed by atoms with E-state index in [1.54, 1.807) is 23.5 Å². The van der Waals surface area contributed by atoms with E-state index in [0.29, 0.717) is 0 Å². The fraction of sp³-hybridized carbons (Fsp3) is 0.353. The van der Waals surface area contributed by atoms with Crippen LogP contribution < -0.4 is 5.32 Å². The number of rotatable bonds is 4. The first-order valence-electron chi connectivity index (χ1n) is 7.33. The van der Waals surface area contributed by atoms with Gasteiger partial charge in [-0.3, -0.25) is 4.79 Å². The van der Waals surface area contributed by atoms with E-state index < -0.39 is 0 Å². The maximum Gasteiger partial charge on any atom is 0.223 e. The molecule has 0 spiro atoms. The molecule has 0 saturated heterocycles. The summed E-state index contributed by atoms with van der Waals surface area (Å²) in [5, 5.41) is 5.14. The summed E-state index contributed by atoms with van der Waals surface area (Å²) in [6.07, 6.45) is 4.23. The number of carbonyl (C=O) groups excluding carboxylic acids is 1. The second kappa shape index (κ2) is 6.39. The van der Waals surface area contributed by atoms with Crippen LogP contribution in [-0.2, 0) is 4.79 Å². The third kappa shape index (κ3) is 3.32. The van der Waals surface area contributed by atoms with Gasteiger partial charge < -0.3 is 5.32 Å². The zero-order chi connectivity index (χ0) is 14.7. The quantitative estimate of drug-likeness (QED) is 0.897. The van der Waals surface area contributed by atoms with Crippen molar-refractivity contribution in [2.24, 2.45) is 5.92 Å². The Bertz CT molecular complexity index is 588. The molecule has 1 N–H and O–H groups in total. The first-order chi connectivity index (χ1) is 10.2. The number of thiophene rings is 1. The molecule has 4 heteroatoms. The van der Waals surface area contributed by atoms with Gasteiger partial charge >= 0.3 is 0 Å². The highest BCUT2D eigenvalue weighted by atomic mass is 32.1. The average Bonchev–Trinajstić information content (AvgIpc) is 3.19. The molecule has 3 rings (SSSR count). The van der Waals surface area contributed by atoms with E-state index in [1.165, 1.54) is 12.1 Å². The fourth-order valence-electron chi connectivity index (χ4n) is 2.88. The summed E-state index contributed by atoms with van der Waals surface area (Å²) < 4.78 is 13.1. The summed E-state index contributed by atoms with van der Waals surface area (Å²) >= 11 is 1.61. The molecule has 1 aliphatic carbocycles. The van der Waals surface area contributed by atoms with Crippen LogP contribution in [0.1, 0.15) is 42.2 Å². The first-order valence-corrected chi connectivity index (χ1v) is 8.21. The molecule has 21 heavy (non-hydrogen) atoms. The number of hydrogen-bond acceptors (Lipinski definition) is 2. The van der Waals surface area contributed by atoms with Crippen molar-refractivity contribution in [1.29, 1.82) is 0 Å². The van der Waals surface area contributed by atoms with E-state index >= 15 is 0 Å². The van der Waals surface area contributed by atoms with Crippen molar-refractivity contribution in [2.45, 2.75) is 31.7 Å². The zero-order valence-corrected chi connectivity index (χ0v) is 12.5. The topological polar surface area (TPSA) is 29.1 Å². The molecule has 110 valence electrons. The summed E-state index contributed by atoms with van der Waals surface area (Å²) in [5.74, 6) is -0.00562. The molecule has 2 aromatic rings. The number of amides is 1. The molecular weight excluding hydrogens is 285 g/mol. The van der Waals surface area contributed by atoms with E-state index in [1.807, 2.05) is 17.5 Å². The lowest BCUT2D eigenvalue weighted by Gasteiger charge is -2.20. The molecule has 1 heterocycles. The fourth-order valence-corrected chi connectivity index (χ4v) is 3.68. The van der Waals surface area contributed by atoms with Crippen LogP contribution in [0.15, 0.2) is 41.8 Å². The Balaban J connectivity index is 1.82. The molecule has 0 bridgehead atoms. The largest absolute Gasteiger partial charge is 0.344 e. The number of benzene rings is 1. The predicted molar refractivity (Wildman–Crippen MR) is 82.7 cm³/mol. The first kappa shape index (κ1) is 14.3. The standard InChI is InChI=1S/C17H18FNOS/c18-14-9-7-12(8-10-14)16(15-6-3-11-21-15)19-17(20)13-4-1-2-5-13/h3,6-11,13,16H,1-2,4-5H2,(H,19,20)/t16-/m0/s1. The number of hydrogen-bond donors (Lipinski definition) is 1. The average molecular weight is 303 g/mol. The zero-order valence-electron chi connectivity index (χ0n) is 11.7. The molecule has 1 aliphatic rings. The Morgan fingerprint density at radius 3 is 2.52 bits per heavy atom. The van der Waals surface area contributed by atoms with E-state index in [9.17, 15) is 9.18 Å². The lowest BCUT2D eigenvalue weighted by atomic mass is 10.0. The van der Waals surface area contributed by atoms with Crippen LogP contribution in [0.4, 0.5) is 4.39 Å². The highest BCUT2D eigenvalue weighted by molar-refractivity contribution is 7.10. The molecule has 0 radical (unpaired) electrons. The minimum absolute atomic E-state index is 0.121. The van der Waals surface area contributed by atoms with Gasteiger partial charge in [0.05, 0.1) is 6.04 Å². The van der Waals surface area contributed by atoms with Crippen molar-refractivity contribution < 1.29 is 9.18 Å². The van der Waals surface area contributed by atoms with E-state index in [-0.39, 0.29) is 23.7 Å². The van der Waals surface area contributed by atoms with Crippen molar-refractivity contribution in [3.8, 4) is 0 Å². The monoisotopic (exact) mass is 303 g/mol. The second-order valence-electron chi connectivity index (χ2n) is 5.49. The molecule has 1 fully saturated rings. The Kier molecular flexibility index (Phi) is 4.34. The minimum atomic E-state index is -0.259. The van der Waals surface area contributed by atoms with Gasteiger partial charge in [0.25, 0.3) is 0 Å². The van der Waals surface area contributed by atoms with Gasteiger partial charge in [0.2, 0.25) is 5.91 Å². The van der Waals surface area contributed by atoms with Crippen molar-refractivity contribution in [3.63, 3.8) is 0 Å². The SMILES string of the molecule is O=C(N[C@@H](c1ccc(F)cc1)c1cccs1)C1CCCC1. The van der Waals surface area contributed by atoms with Gasteiger partial charge in [0, 0.05) is 10.8 Å². The van der Waals surface area contributed by atoms with Crippen LogP contribution in [0.25, 0.3) is 0 Å². The molecule has 1 amide bonds. The molecule has 1 aromatic heterocycles. The summed E-state index contributed by atoms with van der Waals surface area (Å²) in [6, 6.07) is 10.2. The Labute approximate surface area is 128 Å². The number of halogens is 1. The maximum absolute atomic E-state index is 13.1. The lowest BCUT2D eigenvalue weighted by Crippen LogP contribution is -2.33. The van der Waals surface area contributed by atoms with Gasteiger partial charge in [-0.25, -0.2) is 4.39 Å². The maximum atomic E-state index is 13.1. The van der Waals surface area contributed by atoms with Crippen LogP contribution in [-0.4, -0.2) is 5.91 Å². The van der Waals surface area contributed by atoms with Crippen molar-refractivity contribution in [1.82, 2.24) is 5.32 Å². The van der Waals surface area contributed by atoms with Gasteiger partial charge in [-0.1, -0.05) is 31.0 Å². The van der Waals surface area contributed by atoms with Gasteiger partial charge in [0.1, 0.15) is 5.82 Å². The smallest absolute Gasteiger partial charge is 0.223 e. The van der Waals surface area contributed by atoms with Crippen LogP contribution in [0.3, 0.4) is 0 Å². The van der Waals surface area contributed by atoms with Crippen LogP contribution in [0, 0.1) is 11.7 Å². The van der Waals surface area contributed by atoms with E-state index in [2.05, 4.69) is 5.32 Å². The van der Waals surface area contributed by atoms with E-state index in [0.717, 1.165) is 36.1 Å². The predicted octanol–water partition coefficient (Wildman–Crippen LogP) is 4.28. The highest BCUT2D eigenvalue weighted by Crippen LogP contribution is 2.29. The van der Waals surface area contributed by atoms with Gasteiger partial charge in [0.15, 0.2) is 0 Å². The highest BCUT2D eigenvalue weighted by Gasteiger charge is 2.26. The van der Waals surface area contributed by atoms with Crippen molar-refractivity contribution in [3.05, 3.63) is 58.0 Å². The Morgan fingerprint density at radius 1 is 1.19 bits per heavy atom. The molecule has 0 aliphatic heterocycles.